The summed E-state index contributed by atoms with van der Waals surface area (Å²) in [4.78, 5) is 6.02. The minimum absolute atomic E-state index is 0.307. The second kappa shape index (κ2) is 5.09. The van der Waals surface area contributed by atoms with Gasteiger partial charge in [0.2, 0.25) is 0 Å². The van der Waals surface area contributed by atoms with Crippen molar-refractivity contribution in [1.82, 2.24) is 9.88 Å². The van der Waals surface area contributed by atoms with Gasteiger partial charge in [0.1, 0.15) is 5.82 Å². The smallest absolute Gasteiger partial charge is 0.398 e. The molecule has 0 unspecified atom stereocenters. The Bertz CT molecular complexity index is 490. The minimum atomic E-state index is -0.554. The Morgan fingerprint density at radius 2 is 1.75 bits per heavy atom. The molecule has 2 heterocycles. The second-order valence-electron chi connectivity index (χ2n) is 6.53. The Hall–Kier alpha value is -0.975. The van der Waals surface area contributed by atoms with E-state index in [2.05, 4.69) is 4.98 Å². The fourth-order valence-corrected chi connectivity index (χ4v) is 2.05. The highest BCUT2D eigenvalue weighted by Crippen LogP contribution is 2.36. The molecule has 1 aromatic rings. The molecule has 0 atom stereocenters. The fraction of sp³-hybridized carbons (Fsp3) is 0.643. The lowest BCUT2D eigenvalue weighted by Gasteiger charge is -2.32. The van der Waals surface area contributed by atoms with Crippen LogP contribution in [-0.4, -0.2) is 42.3 Å². The third-order valence-electron chi connectivity index (χ3n) is 3.94. The molecule has 6 heteroatoms. The van der Waals surface area contributed by atoms with Gasteiger partial charge < -0.3 is 14.2 Å². The van der Waals surface area contributed by atoms with E-state index in [4.69, 9.17) is 9.31 Å². The summed E-state index contributed by atoms with van der Waals surface area (Å²) in [6.45, 7) is 8.45. The zero-order valence-corrected chi connectivity index (χ0v) is 13.0. The standard InChI is InChI=1S/C14H22BFN2O2/c1-13(2)14(3,4)20-15(19-13)12-7-10(9-18(5)6)11(16)8-17-12/h7-8H,9H2,1-6H3. The monoisotopic (exact) mass is 280 g/mol. The van der Waals surface area contributed by atoms with Crippen LogP contribution in [-0.2, 0) is 15.9 Å². The molecule has 20 heavy (non-hydrogen) atoms. The lowest BCUT2D eigenvalue weighted by atomic mass is 9.83. The second-order valence-corrected chi connectivity index (χ2v) is 6.53. The summed E-state index contributed by atoms with van der Waals surface area (Å²) in [7, 11) is 3.24. The number of hydrogen-bond acceptors (Lipinski definition) is 4. The Morgan fingerprint density at radius 1 is 1.20 bits per heavy atom. The Morgan fingerprint density at radius 3 is 2.25 bits per heavy atom. The van der Waals surface area contributed by atoms with Crippen LogP contribution in [0.2, 0.25) is 0 Å². The van der Waals surface area contributed by atoms with Gasteiger partial charge >= 0.3 is 7.12 Å². The highest BCUT2D eigenvalue weighted by atomic mass is 19.1. The van der Waals surface area contributed by atoms with Crippen LogP contribution in [0.15, 0.2) is 12.3 Å². The third-order valence-corrected chi connectivity index (χ3v) is 3.94. The van der Waals surface area contributed by atoms with Crippen LogP contribution in [0, 0.1) is 5.82 Å². The molecule has 1 saturated heterocycles. The molecule has 1 aliphatic rings. The molecule has 0 saturated carbocycles. The van der Waals surface area contributed by atoms with Crippen molar-refractivity contribution < 1.29 is 13.7 Å². The van der Waals surface area contributed by atoms with Crippen LogP contribution in [0.3, 0.4) is 0 Å². The van der Waals surface area contributed by atoms with Gasteiger partial charge in [-0.25, -0.2) is 4.39 Å². The predicted octanol–water partition coefficient (Wildman–Crippen LogP) is 1.58. The zero-order chi connectivity index (χ0) is 15.1. The molecular weight excluding hydrogens is 258 g/mol. The van der Waals surface area contributed by atoms with Crippen LogP contribution in [0.5, 0.6) is 0 Å². The van der Waals surface area contributed by atoms with Gasteiger partial charge in [0.25, 0.3) is 0 Å². The Kier molecular flexibility index (Phi) is 3.93. The van der Waals surface area contributed by atoms with E-state index in [9.17, 15) is 4.39 Å². The lowest BCUT2D eigenvalue weighted by molar-refractivity contribution is 0.00578. The highest BCUT2D eigenvalue weighted by Gasteiger charge is 2.52. The third kappa shape index (κ3) is 2.87. The summed E-state index contributed by atoms with van der Waals surface area (Å²) in [5.74, 6) is -0.307. The van der Waals surface area contributed by atoms with Gasteiger partial charge in [0.05, 0.1) is 23.0 Å². The summed E-state index contributed by atoms with van der Waals surface area (Å²) in [6, 6.07) is 1.72. The van der Waals surface area contributed by atoms with E-state index in [-0.39, 0.29) is 5.82 Å². The molecule has 0 radical (unpaired) electrons. The maximum absolute atomic E-state index is 13.8. The molecule has 2 rings (SSSR count). The molecule has 1 fully saturated rings. The molecule has 0 bridgehead atoms. The van der Waals surface area contributed by atoms with Crippen molar-refractivity contribution in [2.75, 3.05) is 14.1 Å². The van der Waals surface area contributed by atoms with Crippen molar-refractivity contribution in [3.8, 4) is 0 Å². The molecule has 0 N–H and O–H groups in total. The first kappa shape index (κ1) is 15.4. The van der Waals surface area contributed by atoms with Gasteiger partial charge in [-0.2, -0.15) is 0 Å². The SMILES string of the molecule is CN(C)Cc1cc(B2OC(C)(C)C(C)(C)O2)ncc1F. The Balaban J connectivity index is 2.27. The van der Waals surface area contributed by atoms with Crippen LogP contribution in [0.25, 0.3) is 0 Å². The lowest BCUT2D eigenvalue weighted by Crippen LogP contribution is -2.41. The van der Waals surface area contributed by atoms with Crippen molar-refractivity contribution >= 4 is 12.7 Å². The van der Waals surface area contributed by atoms with E-state index in [1.807, 2.05) is 46.7 Å². The van der Waals surface area contributed by atoms with Gasteiger partial charge in [-0.05, 0) is 47.9 Å². The van der Waals surface area contributed by atoms with Crippen LogP contribution in [0.4, 0.5) is 4.39 Å². The molecule has 4 nitrogen and oxygen atoms in total. The summed E-state index contributed by atoms with van der Waals surface area (Å²) in [5.41, 5.74) is 0.363. The number of hydrogen-bond donors (Lipinski definition) is 0. The van der Waals surface area contributed by atoms with Gasteiger partial charge in [0, 0.05) is 12.1 Å². The van der Waals surface area contributed by atoms with Crippen LogP contribution < -0.4 is 5.59 Å². The largest absolute Gasteiger partial charge is 0.514 e. The molecule has 1 aromatic heterocycles. The number of pyridine rings is 1. The Labute approximate surface area is 120 Å². The van der Waals surface area contributed by atoms with Crippen molar-refractivity contribution in [1.29, 1.82) is 0 Å². The molecule has 1 aliphatic heterocycles. The van der Waals surface area contributed by atoms with Crippen molar-refractivity contribution in [3.63, 3.8) is 0 Å². The van der Waals surface area contributed by atoms with Crippen LogP contribution in [0.1, 0.15) is 33.3 Å². The van der Waals surface area contributed by atoms with Gasteiger partial charge in [-0.1, -0.05) is 0 Å². The summed E-state index contributed by atoms with van der Waals surface area (Å²) < 4.78 is 25.6. The first-order chi connectivity index (χ1) is 9.12. The molecule has 0 amide bonds. The van der Waals surface area contributed by atoms with Crippen molar-refractivity contribution in [3.05, 3.63) is 23.6 Å². The molecule has 0 spiro atoms. The predicted molar refractivity (Wildman–Crippen MR) is 77.3 cm³/mol. The fourth-order valence-electron chi connectivity index (χ4n) is 2.05. The molecular formula is C14H22BFN2O2. The van der Waals surface area contributed by atoms with E-state index in [0.717, 1.165) is 0 Å². The number of nitrogens with zero attached hydrogens (tertiary/aromatic N) is 2. The first-order valence-electron chi connectivity index (χ1n) is 6.77. The first-order valence-corrected chi connectivity index (χ1v) is 6.77. The van der Waals surface area contributed by atoms with Gasteiger partial charge in [0.15, 0.2) is 0 Å². The maximum Gasteiger partial charge on any atom is 0.514 e. The van der Waals surface area contributed by atoms with Gasteiger partial charge in [-0.3, -0.25) is 4.98 Å². The zero-order valence-electron chi connectivity index (χ0n) is 13.0. The average molecular weight is 280 g/mol. The summed E-state index contributed by atoms with van der Waals surface area (Å²) in [5, 5.41) is 0. The topological polar surface area (TPSA) is 34.6 Å². The highest BCUT2D eigenvalue weighted by molar-refractivity contribution is 6.61. The number of aromatic nitrogens is 1. The summed E-state index contributed by atoms with van der Waals surface area (Å²) >= 11 is 0. The maximum atomic E-state index is 13.8. The van der Waals surface area contributed by atoms with Crippen molar-refractivity contribution in [2.24, 2.45) is 0 Å². The van der Waals surface area contributed by atoms with E-state index >= 15 is 0 Å². The average Bonchev–Trinajstić information content (AvgIpc) is 2.50. The summed E-state index contributed by atoms with van der Waals surface area (Å²) in [6.07, 6.45) is 1.24. The molecule has 0 aromatic carbocycles. The molecule has 110 valence electrons. The molecule has 0 aliphatic carbocycles. The quantitative estimate of drug-likeness (QED) is 0.787. The normalized spacial score (nSPS) is 20.7. The van der Waals surface area contributed by atoms with Crippen LogP contribution >= 0.6 is 0 Å². The van der Waals surface area contributed by atoms with E-state index in [1.165, 1.54) is 6.20 Å². The van der Waals surface area contributed by atoms with E-state index in [1.54, 1.807) is 6.07 Å². The van der Waals surface area contributed by atoms with Crippen molar-refractivity contribution in [2.45, 2.75) is 45.4 Å². The minimum Gasteiger partial charge on any atom is -0.398 e. The van der Waals surface area contributed by atoms with E-state index < -0.39 is 18.3 Å². The number of rotatable bonds is 3. The van der Waals surface area contributed by atoms with Gasteiger partial charge in [-0.15, -0.1) is 0 Å². The van der Waals surface area contributed by atoms with E-state index in [0.29, 0.717) is 17.7 Å². The number of halogens is 1.